The van der Waals surface area contributed by atoms with Crippen molar-refractivity contribution in [3.63, 3.8) is 0 Å². The lowest BCUT2D eigenvalue weighted by Gasteiger charge is -2.35. The molecule has 2 aromatic heterocycles. The lowest BCUT2D eigenvalue weighted by Crippen LogP contribution is -2.39. The summed E-state index contributed by atoms with van der Waals surface area (Å²) in [7, 11) is 1.75. The quantitative estimate of drug-likeness (QED) is 0.612. The lowest BCUT2D eigenvalue weighted by atomic mass is 9.99. The molecule has 1 fully saturated rings. The first-order valence-electron chi connectivity index (χ1n) is 10.8. The Morgan fingerprint density at radius 2 is 1.97 bits per heavy atom. The van der Waals surface area contributed by atoms with E-state index in [1.807, 2.05) is 0 Å². The Hall–Kier alpha value is -3.88. The van der Waals surface area contributed by atoms with Crippen LogP contribution < -0.4 is 10.6 Å². The van der Waals surface area contributed by atoms with Crippen LogP contribution in [0.5, 0.6) is 0 Å². The van der Waals surface area contributed by atoms with E-state index in [0.717, 1.165) is 19.3 Å². The topological polar surface area (TPSA) is 100 Å². The first-order valence-corrected chi connectivity index (χ1v) is 10.8. The number of likely N-dealkylation sites (tertiary alicyclic amines) is 1. The van der Waals surface area contributed by atoms with Crippen LogP contribution in [0.2, 0.25) is 0 Å². The third-order valence-corrected chi connectivity index (χ3v) is 5.69. The SMILES string of the molecule is CNc1cc(C(=O)N2CCCCC2c2ncc(C(=O)Nc3ccccc3F)c(C)n2)ccn1. The van der Waals surface area contributed by atoms with Gasteiger partial charge in [-0.05, 0) is 50.5 Å². The van der Waals surface area contributed by atoms with Gasteiger partial charge in [-0.25, -0.2) is 19.3 Å². The predicted octanol–water partition coefficient (Wildman–Crippen LogP) is 3.98. The van der Waals surface area contributed by atoms with E-state index < -0.39 is 11.7 Å². The zero-order valence-electron chi connectivity index (χ0n) is 18.5. The van der Waals surface area contributed by atoms with Crippen molar-refractivity contribution in [2.24, 2.45) is 0 Å². The second-order valence-corrected chi connectivity index (χ2v) is 7.85. The maximum atomic E-state index is 13.9. The van der Waals surface area contributed by atoms with Crippen LogP contribution in [0.3, 0.4) is 0 Å². The maximum Gasteiger partial charge on any atom is 0.259 e. The van der Waals surface area contributed by atoms with Gasteiger partial charge in [-0.15, -0.1) is 0 Å². The molecule has 0 aliphatic carbocycles. The number of anilines is 2. The van der Waals surface area contributed by atoms with E-state index in [2.05, 4.69) is 25.6 Å². The summed E-state index contributed by atoms with van der Waals surface area (Å²) in [6.07, 6.45) is 5.62. The number of hydrogen-bond donors (Lipinski definition) is 2. The number of carbonyl (C=O) groups is 2. The van der Waals surface area contributed by atoms with Crippen LogP contribution in [0, 0.1) is 12.7 Å². The summed E-state index contributed by atoms with van der Waals surface area (Å²) in [5.74, 6) is -0.00844. The van der Waals surface area contributed by atoms with Gasteiger partial charge in [0.05, 0.1) is 23.0 Å². The normalized spacial score (nSPS) is 15.7. The number of rotatable bonds is 5. The molecular formula is C24H25FN6O2. The number of para-hydroxylation sites is 1. The molecule has 1 aliphatic heterocycles. The molecule has 33 heavy (non-hydrogen) atoms. The van der Waals surface area contributed by atoms with Crippen molar-refractivity contribution < 1.29 is 14.0 Å². The zero-order chi connectivity index (χ0) is 23.4. The minimum Gasteiger partial charge on any atom is -0.373 e. The average molecular weight is 449 g/mol. The van der Waals surface area contributed by atoms with E-state index in [-0.39, 0.29) is 23.2 Å². The highest BCUT2D eigenvalue weighted by atomic mass is 19.1. The van der Waals surface area contributed by atoms with Gasteiger partial charge in [-0.1, -0.05) is 12.1 Å². The Kier molecular flexibility index (Phi) is 6.58. The van der Waals surface area contributed by atoms with E-state index in [0.29, 0.717) is 29.4 Å². The van der Waals surface area contributed by atoms with Crippen molar-refractivity contribution in [2.75, 3.05) is 24.2 Å². The Morgan fingerprint density at radius 1 is 1.15 bits per heavy atom. The molecule has 1 aliphatic rings. The van der Waals surface area contributed by atoms with Crippen LogP contribution in [0.1, 0.15) is 57.5 Å². The van der Waals surface area contributed by atoms with E-state index in [9.17, 15) is 14.0 Å². The predicted molar refractivity (Wildman–Crippen MR) is 123 cm³/mol. The highest BCUT2D eigenvalue weighted by Crippen LogP contribution is 2.31. The van der Waals surface area contributed by atoms with Gasteiger partial charge in [-0.3, -0.25) is 9.59 Å². The minimum atomic E-state index is -0.519. The molecule has 1 saturated heterocycles. The molecule has 2 amide bonds. The Morgan fingerprint density at radius 3 is 2.73 bits per heavy atom. The fourth-order valence-electron chi connectivity index (χ4n) is 3.93. The molecular weight excluding hydrogens is 423 g/mol. The van der Waals surface area contributed by atoms with Crippen molar-refractivity contribution in [2.45, 2.75) is 32.2 Å². The van der Waals surface area contributed by atoms with Gasteiger partial charge in [0.1, 0.15) is 11.6 Å². The van der Waals surface area contributed by atoms with Crippen LogP contribution in [-0.4, -0.2) is 45.3 Å². The van der Waals surface area contributed by atoms with Crippen molar-refractivity contribution in [3.05, 3.63) is 77.3 Å². The Bertz CT molecular complexity index is 1190. The summed E-state index contributed by atoms with van der Waals surface area (Å²) in [6.45, 7) is 2.30. The minimum absolute atomic E-state index is 0.0910. The third-order valence-electron chi connectivity index (χ3n) is 5.69. The molecule has 0 saturated carbocycles. The van der Waals surface area contributed by atoms with Crippen molar-refractivity contribution >= 4 is 23.3 Å². The monoisotopic (exact) mass is 448 g/mol. The second kappa shape index (κ2) is 9.72. The summed E-state index contributed by atoms with van der Waals surface area (Å²) < 4.78 is 13.9. The van der Waals surface area contributed by atoms with Crippen molar-refractivity contribution in [1.29, 1.82) is 0 Å². The molecule has 3 aromatic rings. The molecule has 9 heteroatoms. The molecule has 0 spiro atoms. The van der Waals surface area contributed by atoms with Crippen LogP contribution in [0.4, 0.5) is 15.9 Å². The number of aromatic nitrogens is 3. The number of nitrogens with one attached hydrogen (secondary N) is 2. The van der Waals surface area contributed by atoms with E-state index in [4.69, 9.17) is 0 Å². The van der Waals surface area contributed by atoms with Gasteiger partial charge in [0, 0.05) is 31.5 Å². The number of piperidine rings is 1. The summed E-state index contributed by atoms with van der Waals surface area (Å²) in [5, 5.41) is 5.50. The summed E-state index contributed by atoms with van der Waals surface area (Å²) in [5.41, 5.74) is 1.35. The van der Waals surface area contributed by atoms with Crippen molar-refractivity contribution in [3.8, 4) is 0 Å². The molecule has 0 radical (unpaired) electrons. The first-order chi connectivity index (χ1) is 16.0. The van der Waals surface area contributed by atoms with Gasteiger partial charge in [0.25, 0.3) is 11.8 Å². The molecule has 1 atom stereocenters. The molecule has 1 unspecified atom stereocenters. The van der Waals surface area contributed by atoms with Crippen LogP contribution in [0.15, 0.2) is 48.8 Å². The molecule has 4 rings (SSSR count). The van der Waals surface area contributed by atoms with Gasteiger partial charge in [0.2, 0.25) is 0 Å². The Labute approximate surface area is 191 Å². The molecule has 2 N–H and O–H groups in total. The molecule has 8 nitrogen and oxygen atoms in total. The third kappa shape index (κ3) is 4.82. The highest BCUT2D eigenvalue weighted by molar-refractivity contribution is 6.04. The number of benzene rings is 1. The van der Waals surface area contributed by atoms with Gasteiger partial charge in [0.15, 0.2) is 5.82 Å². The number of pyridine rings is 1. The first kappa shape index (κ1) is 22.3. The van der Waals surface area contributed by atoms with Gasteiger partial charge in [-0.2, -0.15) is 0 Å². The van der Waals surface area contributed by atoms with E-state index in [1.54, 1.807) is 49.3 Å². The molecule has 0 bridgehead atoms. The van der Waals surface area contributed by atoms with Crippen LogP contribution >= 0.6 is 0 Å². The molecule has 3 heterocycles. The number of hydrogen-bond acceptors (Lipinski definition) is 6. The van der Waals surface area contributed by atoms with Gasteiger partial charge >= 0.3 is 0 Å². The number of amides is 2. The molecule has 1 aromatic carbocycles. The Balaban J connectivity index is 1.57. The fraction of sp³-hybridized carbons (Fsp3) is 0.292. The summed E-state index contributed by atoms with van der Waals surface area (Å²) in [4.78, 5) is 40.9. The highest BCUT2D eigenvalue weighted by Gasteiger charge is 2.31. The fourth-order valence-corrected chi connectivity index (χ4v) is 3.93. The van der Waals surface area contributed by atoms with E-state index >= 15 is 0 Å². The van der Waals surface area contributed by atoms with E-state index in [1.165, 1.54) is 18.3 Å². The zero-order valence-corrected chi connectivity index (χ0v) is 18.5. The number of aryl methyl sites for hydroxylation is 1. The standard InChI is InChI=1S/C24H25FN6O2/c1-15-17(23(32)30-19-8-4-3-7-18(19)25)14-28-22(29-15)20-9-5-6-12-31(20)24(33)16-10-11-27-21(13-16)26-2/h3-4,7-8,10-11,13-14,20H,5-6,9,12H2,1-2H3,(H,26,27)(H,30,32). The number of nitrogens with zero attached hydrogens (tertiary/aromatic N) is 4. The largest absolute Gasteiger partial charge is 0.373 e. The molecule has 170 valence electrons. The van der Waals surface area contributed by atoms with Gasteiger partial charge < -0.3 is 15.5 Å². The maximum absolute atomic E-state index is 13.9. The average Bonchev–Trinajstić information content (AvgIpc) is 2.85. The van der Waals surface area contributed by atoms with Crippen molar-refractivity contribution in [1.82, 2.24) is 19.9 Å². The smallest absolute Gasteiger partial charge is 0.259 e. The number of halogens is 1. The number of carbonyl (C=O) groups excluding carboxylic acids is 2. The second-order valence-electron chi connectivity index (χ2n) is 7.85. The summed E-state index contributed by atoms with van der Waals surface area (Å²) in [6, 6.07) is 9.08. The summed E-state index contributed by atoms with van der Waals surface area (Å²) >= 11 is 0. The van der Waals surface area contributed by atoms with Crippen LogP contribution in [-0.2, 0) is 0 Å². The lowest BCUT2D eigenvalue weighted by molar-refractivity contribution is 0.0599. The van der Waals surface area contributed by atoms with Crippen LogP contribution in [0.25, 0.3) is 0 Å².